The van der Waals surface area contributed by atoms with Crippen LogP contribution in [0.25, 0.3) is 0 Å². The van der Waals surface area contributed by atoms with E-state index in [1.54, 1.807) is 6.07 Å². The highest BCUT2D eigenvalue weighted by atomic mass is 32.1. The van der Waals surface area contributed by atoms with Gasteiger partial charge >= 0.3 is 5.97 Å². The van der Waals surface area contributed by atoms with Gasteiger partial charge in [0.05, 0.1) is 18.4 Å². The quantitative estimate of drug-likeness (QED) is 0.495. The molecule has 0 aliphatic heterocycles. The molecular weight excluding hydrogens is 305 g/mol. The van der Waals surface area contributed by atoms with Crippen LogP contribution < -0.4 is 0 Å². The zero-order valence-electron chi connectivity index (χ0n) is 10.8. The minimum Gasteiger partial charge on any atom is -0.469 e. The monoisotopic (exact) mass is 314 g/mol. The number of halogens is 3. The minimum absolute atomic E-state index is 0.000582. The van der Waals surface area contributed by atoms with Crippen molar-refractivity contribution in [3.63, 3.8) is 0 Å². The molecule has 0 unspecified atom stereocenters. The number of hydrogen-bond acceptors (Lipinski definition) is 4. The van der Waals surface area contributed by atoms with Gasteiger partial charge in [0.15, 0.2) is 17.5 Å². The van der Waals surface area contributed by atoms with E-state index in [1.807, 2.05) is 0 Å². The second-order valence-electron chi connectivity index (χ2n) is 4.10. The maximum absolute atomic E-state index is 13.1. The number of methoxy groups -OCH3 is 1. The molecule has 1 aromatic carbocycles. The maximum atomic E-state index is 13.1. The van der Waals surface area contributed by atoms with E-state index in [-0.39, 0.29) is 16.9 Å². The Hall–Kier alpha value is -2.15. The van der Waals surface area contributed by atoms with Gasteiger partial charge in [0, 0.05) is 10.4 Å². The SMILES string of the molecule is COC(=O)Cc1ccc(C(=O)c2cc(F)c(F)c(F)c2)s1. The number of ketones is 1. The van der Waals surface area contributed by atoms with Crippen molar-refractivity contribution >= 4 is 23.1 Å². The molecule has 3 nitrogen and oxygen atoms in total. The molecule has 7 heteroatoms. The van der Waals surface area contributed by atoms with Crippen LogP contribution in [-0.2, 0) is 16.0 Å². The van der Waals surface area contributed by atoms with Crippen LogP contribution in [-0.4, -0.2) is 18.9 Å². The molecule has 0 amide bonds. The average molecular weight is 314 g/mol. The summed E-state index contributed by atoms with van der Waals surface area (Å²) in [5, 5.41) is 0. The molecule has 0 saturated carbocycles. The largest absolute Gasteiger partial charge is 0.469 e. The number of ether oxygens (including phenoxy) is 1. The fourth-order valence-corrected chi connectivity index (χ4v) is 2.59. The summed E-state index contributed by atoms with van der Waals surface area (Å²) in [7, 11) is 1.24. The van der Waals surface area contributed by atoms with Gasteiger partial charge in [-0.25, -0.2) is 13.2 Å². The minimum atomic E-state index is -1.62. The Kier molecular flexibility index (Phi) is 4.42. The lowest BCUT2D eigenvalue weighted by Gasteiger charge is -2.01. The predicted molar refractivity (Wildman–Crippen MR) is 69.8 cm³/mol. The smallest absolute Gasteiger partial charge is 0.310 e. The Balaban J connectivity index is 2.26. The van der Waals surface area contributed by atoms with Crippen molar-refractivity contribution in [2.24, 2.45) is 0 Å². The van der Waals surface area contributed by atoms with Gasteiger partial charge in [0.2, 0.25) is 5.78 Å². The maximum Gasteiger partial charge on any atom is 0.310 e. The van der Waals surface area contributed by atoms with E-state index in [0.717, 1.165) is 11.3 Å². The third-order valence-electron chi connectivity index (χ3n) is 2.68. The Morgan fingerprint density at radius 1 is 1.14 bits per heavy atom. The zero-order chi connectivity index (χ0) is 15.6. The van der Waals surface area contributed by atoms with Crippen LogP contribution in [0.3, 0.4) is 0 Å². The summed E-state index contributed by atoms with van der Waals surface area (Å²) in [4.78, 5) is 24.0. The number of esters is 1. The highest BCUT2D eigenvalue weighted by Gasteiger charge is 2.18. The number of hydrogen-bond donors (Lipinski definition) is 0. The summed E-state index contributed by atoms with van der Waals surface area (Å²) in [6.07, 6.45) is 0.000582. The van der Waals surface area contributed by atoms with E-state index < -0.39 is 29.2 Å². The van der Waals surface area contributed by atoms with Crippen molar-refractivity contribution in [2.75, 3.05) is 7.11 Å². The molecule has 0 bridgehead atoms. The van der Waals surface area contributed by atoms with E-state index in [0.29, 0.717) is 17.0 Å². The standard InChI is InChI=1S/C14H9F3O3S/c1-20-12(18)6-8-2-3-11(21-8)14(19)7-4-9(15)13(17)10(16)5-7/h2-5H,6H2,1H3. The summed E-state index contributed by atoms with van der Waals surface area (Å²) >= 11 is 1.01. The van der Waals surface area contributed by atoms with Crippen LogP contribution >= 0.6 is 11.3 Å². The Morgan fingerprint density at radius 2 is 1.76 bits per heavy atom. The third kappa shape index (κ3) is 3.30. The van der Waals surface area contributed by atoms with Crippen molar-refractivity contribution < 1.29 is 27.5 Å². The molecule has 1 heterocycles. The van der Waals surface area contributed by atoms with Crippen LogP contribution in [0.5, 0.6) is 0 Å². The summed E-state index contributed by atoms with van der Waals surface area (Å²) in [6, 6.07) is 4.26. The van der Waals surface area contributed by atoms with Crippen LogP contribution in [0.1, 0.15) is 20.1 Å². The number of carbonyl (C=O) groups is 2. The van der Waals surface area contributed by atoms with Crippen LogP contribution in [0.15, 0.2) is 24.3 Å². The molecule has 0 aliphatic carbocycles. The van der Waals surface area contributed by atoms with E-state index in [2.05, 4.69) is 4.74 Å². The molecule has 110 valence electrons. The van der Waals surface area contributed by atoms with E-state index in [9.17, 15) is 22.8 Å². The molecule has 2 aromatic rings. The number of benzene rings is 1. The van der Waals surface area contributed by atoms with Crippen LogP contribution in [0.4, 0.5) is 13.2 Å². The normalized spacial score (nSPS) is 10.5. The van der Waals surface area contributed by atoms with Gasteiger partial charge in [-0.05, 0) is 24.3 Å². The first-order valence-electron chi connectivity index (χ1n) is 5.77. The van der Waals surface area contributed by atoms with Crippen LogP contribution in [0, 0.1) is 17.5 Å². The first-order chi connectivity index (χ1) is 9.92. The van der Waals surface area contributed by atoms with Gasteiger partial charge in [-0.2, -0.15) is 0 Å². The Morgan fingerprint density at radius 3 is 2.33 bits per heavy atom. The number of thiophene rings is 1. The summed E-state index contributed by atoms with van der Waals surface area (Å²) in [5.74, 6) is -5.58. The molecule has 0 aliphatic rings. The predicted octanol–water partition coefficient (Wildman–Crippen LogP) is 3.11. The lowest BCUT2D eigenvalue weighted by atomic mass is 10.1. The third-order valence-corrected chi connectivity index (χ3v) is 3.76. The molecule has 0 spiro atoms. The highest BCUT2D eigenvalue weighted by molar-refractivity contribution is 7.14. The number of carbonyl (C=O) groups excluding carboxylic acids is 2. The zero-order valence-corrected chi connectivity index (χ0v) is 11.6. The Bertz CT molecular complexity index is 686. The Labute approximate surface area is 122 Å². The van der Waals surface area contributed by atoms with Crippen molar-refractivity contribution in [1.29, 1.82) is 0 Å². The second-order valence-corrected chi connectivity index (χ2v) is 5.27. The number of rotatable bonds is 4. The van der Waals surface area contributed by atoms with E-state index >= 15 is 0 Å². The van der Waals surface area contributed by atoms with Gasteiger partial charge in [0.25, 0.3) is 0 Å². The summed E-state index contributed by atoms with van der Waals surface area (Å²) in [6.45, 7) is 0. The first-order valence-corrected chi connectivity index (χ1v) is 6.58. The fraction of sp³-hybridized carbons (Fsp3) is 0.143. The second kappa shape index (κ2) is 6.09. The van der Waals surface area contributed by atoms with Crippen LogP contribution in [0.2, 0.25) is 0 Å². The van der Waals surface area contributed by atoms with Gasteiger partial charge in [-0.15, -0.1) is 11.3 Å². The molecule has 0 atom stereocenters. The average Bonchev–Trinajstić information content (AvgIpc) is 2.91. The molecule has 0 radical (unpaired) electrons. The molecule has 0 fully saturated rings. The van der Waals surface area contributed by atoms with E-state index in [1.165, 1.54) is 13.2 Å². The van der Waals surface area contributed by atoms with Gasteiger partial charge in [-0.3, -0.25) is 9.59 Å². The first kappa shape index (κ1) is 15.2. The molecule has 1 aromatic heterocycles. The highest BCUT2D eigenvalue weighted by Crippen LogP contribution is 2.22. The molecule has 0 N–H and O–H groups in total. The van der Waals surface area contributed by atoms with Gasteiger partial charge < -0.3 is 4.74 Å². The lowest BCUT2D eigenvalue weighted by Crippen LogP contribution is -2.03. The lowest BCUT2D eigenvalue weighted by molar-refractivity contribution is -0.139. The fourth-order valence-electron chi connectivity index (χ4n) is 1.64. The molecular formula is C14H9F3O3S. The molecule has 2 rings (SSSR count). The van der Waals surface area contributed by atoms with Crippen molar-refractivity contribution in [1.82, 2.24) is 0 Å². The van der Waals surface area contributed by atoms with Gasteiger partial charge in [0.1, 0.15) is 0 Å². The van der Waals surface area contributed by atoms with Crippen molar-refractivity contribution in [3.05, 3.63) is 57.0 Å². The topological polar surface area (TPSA) is 43.4 Å². The molecule has 21 heavy (non-hydrogen) atoms. The summed E-state index contributed by atoms with van der Waals surface area (Å²) < 4.78 is 43.6. The summed E-state index contributed by atoms with van der Waals surface area (Å²) in [5.41, 5.74) is -0.294. The van der Waals surface area contributed by atoms with E-state index in [4.69, 9.17) is 0 Å². The van der Waals surface area contributed by atoms with Crippen molar-refractivity contribution in [2.45, 2.75) is 6.42 Å². The van der Waals surface area contributed by atoms with Gasteiger partial charge in [-0.1, -0.05) is 0 Å². The van der Waals surface area contributed by atoms with Crippen molar-refractivity contribution in [3.8, 4) is 0 Å². The molecule has 0 saturated heterocycles.